The molecule has 0 amide bonds. The van der Waals surface area contributed by atoms with Gasteiger partial charge in [-0.05, 0) is 59.8 Å². The highest BCUT2D eigenvalue weighted by atomic mass is 15.0. The first-order valence-electron chi connectivity index (χ1n) is 14.3. The number of benzene rings is 1. The van der Waals surface area contributed by atoms with Crippen LogP contribution in [0.3, 0.4) is 0 Å². The monoisotopic (exact) mass is 474 g/mol. The highest BCUT2D eigenvalue weighted by Gasteiger charge is 2.39. The van der Waals surface area contributed by atoms with Gasteiger partial charge >= 0.3 is 0 Å². The maximum atomic E-state index is 4.71. The second-order valence-electron chi connectivity index (χ2n) is 11.7. The molecule has 0 aliphatic carbocycles. The number of pyridine rings is 1. The molecule has 0 aliphatic heterocycles. The Bertz CT molecular complexity index is 975. The first-order valence-corrected chi connectivity index (χ1v) is 14.3. The molecule has 0 saturated heterocycles. The van der Waals surface area contributed by atoms with E-state index in [1.807, 2.05) is 12.3 Å². The van der Waals surface area contributed by atoms with Crippen molar-refractivity contribution in [2.24, 2.45) is 23.2 Å². The number of aromatic nitrogens is 2. The minimum absolute atomic E-state index is 0.491. The van der Waals surface area contributed by atoms with Crippen LogP contribution in [-0.2, 0) is 13.0 Å². The Morgan fingerprint density at radius 2 is 1.31 bits per heavy atom. The van der Waals surface area contributed by atoms with Crippen LogP contribution < -0.4 is 0 Å². The van der Waals surface area contributed by atoms with Gasteiger partial charge < -0.3 is 4.57 Å². The lowest BCUT2D eigenvalue weighted by atomic mass is 9.60. The van der Waals surface area contributed by atoms with E-state index < -0.39 is 0 Å². The van der Waals surface area contributed by atoms with Crippen LogP contribution in [0.15, 0.2) is 54.7 Å². The zero-order chi connectivity index (χ0) is 25.3. The molecule has 0 unspecified atom stereocenters. The average Bonchev–Trinajstić information content (AvgIpc) is 3.17. The van der Waals surface area contributed by atoms with Crippen molar-refractivity contribution in [1.29, 1.82) is 0 Å². The molecule has 2 nitrogen and oxygen atoms in total. The maximum Gasteiger partial charge on any atom is 0.140 e. The topological polar surface area (TPSA) is 17.8 Å². The van der Waals surface area contributed by atoms with E-state index in [1.54, 1.807) is 0 Å². The standard InChI is InChI=1S/C33H50N2/c1-26(2)33(27(3)4,28(5)6)21-15-10-8-7-9-11-16-23-35-31(24-29-18-13-12-14-19-29)25-30-20-17-22-34-32(30)35/h12-14,17-20,22,25-28H,7-11,15-16,21,23-24H2,1-6H3. The summed E-state index contributed by atoms with van der Waals surface area (Å²) < 4.78 is 2.46. The van der Waals surface area contributed by atoms with Crippen molar-refractivity contribution in [3.63, 3.8) is 0 Å². The summed E-state index contributed by atoms with van der Waals surface area (Å²) in [5.74, 6) is 2.27. The van der Waals surface area contributed by atoms with Gasteiger partial charge in [0, 0.05) is 30.2 Å². The Balaban J connectivity index is 1.43. The fourth-order valence-corrected chi connectivity index (χ4v) is 6.79. The van der Waals surface area contributed by atoms with Crippen LogP contribution in [0.1, 0.15) is 104 Å². The summed E-state index contributed by atoms with van der Waals surface area (Å²) in [4.78, 5) is 4.71. The highest BCUT2D eigenvalue weighted by Crippen LogP contribution is 2.47. The third-order valence-corrected chi connectivity index (χ3v) is 8.69. The largest absolute Gasteiger partial charge is 0.329 e. The van der Waals surface area contributed by atoms with Gasteiger partial charge in [0.15, 0.2) is 0 Å². The van der Waals surface area contributed by atoms with Crippen molar-refractivity contribution in [3.8, 4) is 0 Å². The molecule has 3 rings (SSSR count). The fourth-order valence-electron chi connectivity index (χ4n) is 6.79. The van der Waals surface area contributed by atoms with Crippen molar-refractivity contribution >= 4 is 11.0 Å². The first kappa shape index (κ1) is 27.5. The van der Waals surface area contributed by atoms with E-state index >= 15 is 0 Å². The molecule has 2 aromatic heterocycles. The predicted octanol–water partition coefficient (Wildman–Crippen LogP) is 9.70. The molecule has 2 heterocycles. The van der Waals surface area contributed by atoms with Gasteiger partial charge in [-0.1, -0.05) is 110 Å². The molecule has 0 bridgehead atoms. The summed E-state index contributed by atoms with van der Waals surface area (Å²) in [7, 11) is 0. The smallest absolute Gasteiger partial charge is 0.140 e. The molecule has 0 fully saturated rings. The quantitative estimate of drug-likeness (QED) is 0.200. The predicted molar refractivity (Wildman–Crippen MR) is 153 cm³/mol. The molecule has 0 atom stereocenters. The Labute approximate surface area is 215 Å². The number of hydrogen-bond acceptors (Lipinski definition) is 1. The lowest BCUT2D eigenvalue weighted by molar-refractivity contribution is 0.0356. The minimum Gasteiger partial charge on any atom is -0.329 e. The Kier molecular flexibility index (Phi) is 10.4. The fraction of sp³-hybridized carbons (Fsp3) is 0.606. The summed E-state index contributed by atoms with van der Waals surface area (Å²) >= 11 is 0. The number of aryl methyl sites for hydroxylation is 1. The zero-order valence-electron chi connectivity index (χ0n) is 23.4. The average molecular weight is 475 g/mol. The summed E-state index contributed by atoms with van der Waals surface area (Å²) in [6.07, 6.45) is 13.7. The van der Waals surface area contributed by atoms with Crippen molar-refractivity contribution in [3.05, 3.63) is 66.0 Å². The van der Waals surface area contributed by atoms with Crippen molar-refractivity contribution in [2.45, 2.75) is 106 Å². The van der Waals surface area contributed by atoms with Gasteiger partial charge in [-0.2, -0.15) is 0 Å². The molecule has 0 N–H and O–H groups in total. The third-order valence-electron chi connectivity index (χ3n) is 8.69. The number of fused-ring (bicyclic) bond motifs is 1. The summed E-state index contributed by atoms with van der Waals surface area (Å²) in [5, 5.41) is 1.26. The SMILES string of the molecule is CC(C)C(CCCCCCCCCn1c(Cc2ccccc2)cc2cccnc21)(C(C)C)C(C)C. The molecule has 0 radical (unpaired) electrons. The van der Waals surface area contributed by atoms with E-state index in [2.05, 4.69) is 88.6 Å². The van der Waals surface area contributed by atoms with Gasteiger partial charge in [-0.15, -0.1) is 0 Å². The van der Waals surface area contributed by atoms with Crippen LogP contribution in [0.2, 0.25) is 0 Å². The van der Waals surface area contributed by atoms with Gasteiger partial charge in [0.2, 0.25) is 0 Å². The van der Waals surface area contributed by atoms with Gasteiger partial charge in [0.1, 0.15) is 5.65 Å². The van der Waals surface area contributed by atoms with Crippen LogP contribution in [0.4, 0.5) is 0 Å². The van der Waals surface area contributed by atoms with E-state index in [0.29, 0.717) is 5.41 Å². The van der Waals surface area contributed by atoms with Crippen molar-refractivity contribution in [2.75, 3.05) is 0 Å². The van der Waals surface area contributed by atoms with Crippen LogP contribution in [0.5, 0.6) is 0 Å². The van der Waals surface area contributed by atoms with Crippen molar-refractivity contribution < 1.29 is 0 Å². The summed E-state index contributed by atoms with van der Waals surface area (Å²) in [6, 6.07) is 17.4. The zero-order valence-corrected chi connectivity index (χ0v) is 23.4. The maximum absolute atomic E-state index is 4.71. The van der Waals surface area contributed by atoms with Gasteiger partial charge in [0.25, 0.3) is 0 Å². The molecular weight excluding hydrogens is 424 g/mol. The normalized spacial score (nSPS) is 12.5. The van der Waals surface area contributed by atoms with E-state index in [0.717, 1.165) is 36.4 Å². The van der Waals surface area contributed by atoms with E-state index in [1.165, 1.54) is 68.0 Å². The number of rotatable bonds is 15. The van der Waals surface area contributed by atoms with Crippen LogP contribution in [0.25, 0.3) is 11.0 Å². The molecule has 192 valence electrons. The molecule has 2 heteroatoms. The molecule has 3 aromatic rings. The molecule has 35 heavy (non-hydrogen) atoms. The summed E-state index contributed by atoms with van der Waals surface area (Å²) in [6.45, 7) is 15.7. The molecule has 0 spiro atoms. The Hall–Kier alpha value is -2.09. The number of hydrogen-bond donors (Lipinski definition) is 0. The lowest BCUT2D eigenvalue weighted by Crippen LogP contribution is -2.38. The Morgan fingerprint density at radius 3 is 1.94 bits per heavy atom. The van der Waals surface area contributed by atoms with E-state index in [4.69, 9.17) is 4.98 Å². The number of nitrogens with zero attached hydrogens (tertiary/aromatic N) is 2. The third kappa shape index (κ3) is 6.99. The molecular formula is C33H50N2. The first-order chi connectivity index (χ1) is 16.9. The lowest BCUT2D eigenvalue weighted by Gasteiger charge is -2.45. The second-order valence-corrected chi connectivity index (χ2v) is 11.7. The van der Waals surface area contributed by atoms with Gasteiger partial charge in [0.05, 0.1) is 0 Å². The van der Waals surface area contributed by atoms with Gasteiger partial charge in [-0.25, -0.2) is 4.98 Å². The molecule has 0 aliphatic rings. The second kappa shape index (κ2) is 13.3. The van der Waals surface area contributed by atoms with Crippen LogP contribution in [-0.4, -0.2) is 9.55 Å². The van der Waals surface area contributed by atoms with Crippen molar-refractivity contribution in [1.82, 2.24) is 9.55 Å². The highest BCUT2D eigenvalue weighted by molar-refractivity contribution is 5.77. The van der Waals surface area contributed by atoms with E-state index in [-0.39, 0.29) is 0 Å². The Morgan fingerprint density at radius 1 is 0.714 bits per heavy atom. The molecule has 1 aromatic carbocycles. The summed E-state index contributed by atoms with van der Waals surface area (Å²) in [5.41, 5.74) is 4.38. The molecule has 0 saturated carbocycles. The van der Waals surface area contributed by atoms with Crippen LogP contribution in [0, 0.1) is 23.2 Å². The van der Waals surface area contributed by atoms with Gasteiger partial charge in [-0.3, -0.25) is 0 Å². The van der Waals surface area contributed by atoms with Crippen LogP contribution >= 0.6 is 0 Å². The van der Waals surface area contributed by atoms with E-state index in [9.17, 15) is 0 Å². The number of unbranched alkanes of at least 4 members (excludes halogenated alkanes) is 6. The minimum atomic E-state index is 0.491.